The minimum Gasteiger partial charge on any atom is -0.494 e. The first-order valence-electron chi connectivity index (χ1n) is 13.8. The van der Waals surface area contributed by atoms with E-state index in [1.54, 1.807) is 24.0 Å². The molecule has 2 N–H and O–H groups in total. The number of hydrogen-bond donors (Lipinski definition) is 2. The number of carboxylic acid groups (broad SMARTS) is 1. The van der Waals surface area contributed by atoms with Crippen LogP contribution in [0, 0.1) is 22.0 Å². The smallest absolute Gasteiger partial charge is 0.341 e. The zero-order chi connectivity index (χ0) is 31.1. The number of aromatic carboxylic acids is 1. The van der Waals surface area contributed by atoms with E-state index in [4.69, 9.17) is 9.72 Å². The summed E-state index contributed by atoms with van der Waals surface area (Å²) in [6, 6.07) is 6.98. The van der Waals surface area contributed by atoms with Crippen molar-refractivity contribution < 1.29 is 19.6 Å². The molecule has 3 aromatic rings. The lowest BCUT2D eigenvalue weighted by Crippen LogP contribution is -2.31. The average Bonchev–Trinajstić information content (AvgIpc) is 3.56. The molecule has 224 valence electrons. The second kappa shape index (κ2) is 11.4. The summed E-state index contributed by atoms with van der Waals surface area (Å²) in [7, 11) is 5.48. The van der Waals surface area contributed by atoms with Crippen molar-refractivity contribution in [3.8, 4) is 17.6 Å². The first-order valence-corrected chi connectivity index (χ1v) is 13.8. The molecule has 4 heterocycles. The number of likely N-dealkylation sites (N-methyl/N-ethyl adjacent to an activating group) is 1. The van der Waals surface area contributed by atoms with E-state index in [0.29, 0.717) is 36.8 Å². The third-order valence-corrected chi connectivity index (χ3v) is 7.84. The van der Waals surface area contributed by atoms with Gasteiger partial charge in [0.2, 0.25) is 5.95 Å². The summed E-state index contributed by atoms with van der Waals surface area (Å²) in [6.07, 6.45) is 2.11. The predicted molar refractivity (Wildman–Crippen MR) is 163 cm³/mol. The molecule has 1 aromatic carbocycles. The highest BCUT2D eigenvalue weighted by molar-refractivity contribution is 5.95. The van der Waals surface area contributed by atoms with Gasteiger partial charge in [-0.15, -0.1) is 0 Å². The Morgan fingerprint density at radius 3 is 2.65 bits per heavy atom. The Balaban J connectivity index is 1.54. The third-order valence-electron chi connectivity index (χ3n) is 7.84. The first kappa shape index (κ1) is 29.5. The fourth-order valence-corrected chi connectivity index (χ4v) is 5.63. The van der Waals surface area contributed by atoms with Crippen LogP contribution in [0.3, 0.4) is 0 Å². The lowest BCUT2D eigenvalue weighted by molar-refractivity contribution is -0.384. The molecule has 0 saturated carbocycles. The molecule has 1 fully saturated rings. The van der Waals surface area contributed by atoms with Gasteiger partial charge in [0.15, 0.2) is 5.82 Å². The largest absolute Gasteiger partial charge is 0.494 e. The van der Waals surface area contributed by atoms with Crippen molar-refractivity contribution in [3.05, 3.63) is 57.5 Å². The summed E-state index contributed by atoms with van der Waals surface area (Å²) in [4.78, 5) is 43.5. The Morgan fingerprint density at radius 2 is 2.02 bits per heavy atom. The van der Waals surface area contributed by atoms with Gasteiger partial charge in [0.25, 0.3) is 5.69 Å². The van der Waals surface area contributed by atoms with Crippen LogP contribution >= 0.6 is 0 Å². The second-order valence-electron chi connectivity index (χ2n) is 11.4. The lowest BCUT2D eigenvalue weighted by atomic mass is 9.91. The van der Waals surface area contributed by atoms with Crippen LogP contribution in [0.1, 0.15) is 48.9 Å². The number of methoxy groups -OCH3 is 1. The van der Waals surface area contributed by atoms with E-state index in [9.17, 15) is 20.0 Å². The van der Waals surface area contributed by atoms with E-state index in [1.807, 2.05) is 38.9 Å². The van der Waals surface area contributed by atoms with E-state index >= 15 is 0 Å². The molecule has 0 bridgehead atoms. The van der Waals surface area contributed by atoms with Gasteiger partial charge in [-0.25, -0.2) is 14.8 Å². The summed E-state index contributed by atoms with van der Waals surface area (Å²) >= 11 is 0. The van der Waals surface area contributed by atoms with E-state index in [2.05, 4.69) is 32.0 Å². The summed E-state index contributed by atoms with van der Waals surface area (Å²) in [5.74, 6) is 5.23. The Hall–Kier alpha value is -4.96. The van der Waals surface area contributed by atoms with Gasteiger partial charge >= 0.3 is 5.97 Å². The zero-order valence-electron chi connectivity index (χ0n) is 25.0. The number of hydrogen-bond acceptors (Lipinski definition) is 11. The number of rotatable bonds is 8. The molecular formula is C30H34N8O5. The highest BCUT2D eigenvalue weighted by Gasteiger charge is 2.40. The van der Waals surface area contributed by atoms with Crippen molar-refractivity contribution in [1.29, 1.82) is 0 Å². The molecule has 0 spiro atoms. The average molecular weight is 587 g/mol. The molecule has 5 rings (SSSR count). The molecule has 0 radical (unpaired) electrons. The van der Waals surface area contributed by atoms with E-state index in [1.165, 1.54) is 19.4 Å². The fourth-order valence-electron chi connectivity index (χ4n) is 5.63. The normalized spacial score (nSPS) is 17.0. The number of nitro groups is 1. The van der Waals surface area contributed by atoms with Crippen LogP contribution in [-0.4, -0.2) is 82.7 Å². The van der Waals surface area contributed by atoms with E-state index in [-0.39, 0.29) is 34.7 Å². The Kier molecular flexibility index (Phi) is 7.81. The standard InChI is InChI=1S/C30H34N8O5/c1-7-8-18-9-10-22-26(32-18)30(2,3)17-37(22)27-20(28(39)40)15-31-29(34-27)33-21-13-24(38(41)42)23(14-25(21)43-6)36-12-11-19(16-36)35(4)5/h9-10,13-15,19H,11-12,16-17H2,1-6H3,(H,39,40)(H,31,33,34)/t19-/m1/s1. The van der Waals surface area contributed by atoms with Gasteiger partial charge in [-0.2, -0.15) is 4.98 Å². The number of fused-ring (bicyclic) bond motifs is 1. The van der Waals surface area contributed by atoms with Crippen LogP contribution in [-0.2, 0) is 5.41 Å². The van der Waals surface area contributed by atoms with Gasteiger partial charge in [0.1, 0.15) is 22.7 Å². The van der Waals surface area contributed by atoms with Crippen molar-refractivity contribution in [2.45, 2.75) is 38.6 Å². The number of carbonyl (C=O) groups is 1. The van der Waals surface area contributed by atoms with Crippen LogP contribution in [0.25, 0.3) is 0 Å². The van der Waals surface area contributed by atoms with Gasteiger partial charge in [-0.1, -0.05) is 19.8 Å². The Labute approximate surface area is 249 Å². The Morgan fingerprint density at radius 1 is 1.26 bits per heavy atom. The van der Waals surface area contributed by atoms with Gasteiger partial charge in [-0.05, 0) is 45.5 Å². The number of carboxylic acids is 1. The maximum atomic E-state index is 12.2. The molecule has 0 unspecified atom stereocenters. The molecular weight excluding hydrogens is 552 g/mol. The highest BCUT2D eigenvalue weighted by atomic mass is 16.6. The predicted octanol–water partition coefficient (Wildman–Crippen LogP) is 4.17. The van der Waals surface area contributed by atoms with Crippen LogP contribution in [0.15, 0.2) is 30.5 Å². The molecule has 2 aliphatic heterocycles. The summed E-state index contributed by atoms with van der Waals surface area (Å²) < 4.78 is 5.62. The van der Waals surface area contributed by atoms with Gasteiger partial charge in [0, 0.05) is 49.4 Å². The summed E-state index contributed by atoms with van der Waals surface area (Å²) in [5.41, 5.74) is 2.28. The molecule has 1 atom stereocenters. The van der Waals surface area contributed by atoms with Crippen molar-refractivity contribution >= 4 is 40.5 Å². The number of ether oxygens (including phenoxy) is 1. The quantitative estimate of drug-likeness (QED) is 0.221. The lowest BCUT2D eigenvalue weighted by Gasteiger charge is -2.23. The molecule has 2 aromatic heterocycles. The van der Waals surface area contributed by atoms with Crippen molar-refractivity contribution in [2.75, 3.05) is 56.0 Å². The summed E-state index contributed by atoms with van der Waals surface area (Å²) in [5, 5.41) is 25.2. The number of benzene rings is 1. The molecule has 2 aliphatic rings. The number of pyridine rings is 1. The monoisotopic (exact) mass is 586 g/mol. The number of nitrogens with one attached hydrogen (secondary N) is 1. The first-order chi connectivity index (χ1) is 20.4. The van der Waals surface area contributed by atoms with Crippen LogP contribution in [0.2, 0.25) is 0 Å². The number of nitro benzene ring substituents is 1. The maximum absolute atomic E-state index is 12.2. The molecule has 0 aliphatic carbocycles. The molecule has 13 heteroatoms. The van der Waals surface area contributed by atoms with Crippen LogP contribution < -0.4 is 19.9 Å². The van der Waals surface area contributed by atoms with Gasteiger partial charge in [-0.3, -0.25) is 10.1 Å². The third kappa shape index (κ3) is 5.61. The van der Waals surface area contributed by atoms with E-state index in [0.717, 1.165) is 17.8 Å². The molecule has 1 saturated heterocycles. The highest BCUT2D eigenvalue weighted by Crippen LogP contribution is 2.44. The van der Waals surface area contributed by atoms with E-state index < -0.39 is 16.3 Å². The van der Waals surface area contributed by atoms with Crippen LogP contribution in [0.4, 0.5) is 34.5 Å². The molecule has 0 amide bonds. The number of aromatic nitrogens is 3. The van der Waals surface area contributed by atoms with Crippen LogP contribution in [0.5, 0.6) is 5.75 Å². The number of nitrogens with zero attached hydrogens (tertiary/aromatic N) is 7. The molecule has 43 heavy (non-hydrogen) atoms. The SMILES string of the molecule is CC#Cc1ccc2c(n1)C(C)(C)CN2c1nc(Nc2cc([N+](=O)[O-])c(N3CC[C@@H](N(C)C)C3)cc2OC)ncc1C(=O)O. The zero-order valence-corrected chi connectivity index (χ0v) is 25.0. The van der Waals surface area contributed by atoms with Gasteiger partial charge in [0.05, 0.1) is 29.1 Å². The molecule has 13 nitrogen and oxygen atoms in total. The minimum absolute atomic E-state index is 0.0573. The van der Waals surface area contributed by atoms with Crippen molar-refractivity contribution in [3.63, 3.8) is 0 Å². The second-order valence-corrected chi connectivity index (χ2v) is 11.4. The number of anilines is 5. The maximum Gasteiger partial charge on any atom is 0.341 e. The Bertz CT molecular complexity index is 1660. The fraction of sp³-hybridized carbons (Fsp3) is 0.400. The van der Waals surface area contributed by atoms with Gasteiger partial charge < -0.3 is 29.9 Å². The minimum atomic E-state index is -1.19. The summed E-state index contributed by atoms with van der Waals surface area (Å²) in [6.45, 7) is 7.54. The van der Waals surface area contributed by atoms with Crippen molar-refractivity contribution in [2.24, 2.45) is 0 Å². The topological polar surface area (TPSA) is 150 Å². The van der Waals surface area contributed by atoms with Crippen molar-refractivity contribution in [1.82, 2.24) is 19.9 Å².